The largest absolute Gasteiger partial charge is 0.483 e. The minimum Gasteiger partial charge on any atom is -0.483 e. The molecule has 3 rings (SSSR count). The van der Waals surface area contributed by atoms with Gasteiger partial charge in [-0.05, 0) is 54.5 Å². The molecule has 1 aromatic heterocycles. The summed E-state index contributed by atoms with van der Waals surface area (Å²) in [6.07, 6.45) is 3.22. The molecule has 1 amide bonds. The number of anilines is 1. The van der Waals surface area contributed by atoms with Gasteiger partial charge in [0.25, 0.3) is 0 Å². The maximum Gasteiger partial charge on any atom is 0.234 e. The van der Waals surface area contributed by atoms with Crippen LogP contribution >= 0.6 is 11.8 Å². The van der Waals surface area contributed by atoms with Crippen molar-refractivity contribution in [2.75, 3.05) is 11.1 Å². The van der Waals surface area contributed by atoms with Crippen LogP contribution in [0.25, 0.3) is 0 Å². The summed E-state index contributed by atoms with van der Waals surface area (Å²) in [5.74, 6) is 2.13. The van der Waals surface area contributed by atoms with Gasteiger partial charge in [-0.3, -0.25) is 9.36 Å². The van der Waals surface area contributed by atoms with Crippen molar-refractivity contribution in [1.82, 2.24) is 14.8 Å². The first-order valence-corrected chi connectivity index (χ1v) is 13.2. The average molecular weight is 493 g/mol. The number of benzene rings is 2. The molecule has 0 saturated heterocycles. The van der Waals surface area contributed by atoms with Crippen molar-refractivity contribution in [2.45, 2.75) is 71.2 Å². The molecule has 2 aromatic carbocycles. The molecule has 0 fully saturated rings. The van der Waals surface area contributed by atoms with Crippen molar-refractivity contribution >= 4 is 23.4 Å². The third-order valence-corrected chi connectivity index (χ3v) is 6.84. The Morgan fingerprint density at radius 1 is 1.09 bits per heavy atom. The van der Waals surface area contributed by atoms with Crippen molar-refractivity contribution in [3.63, 3.8) is 0 Å². The lowest BCUT2D eigenvalue weighted by Crippen LogP contribution is -2.17. The maximum atomic E-state index is 12.8. The van der Waals surface area contributed by atoms with Crippen LogP contribution in [0.3, 0.4) is 0 Å². The molecule has 3 aromatic rings. The molecular weight excluding hydrogens is 456 g/mol. The second-order valence-corrected chi connectivity index (χ2v) is 9.66. The SMILES string of the molecule is C=CCn1c(SCC(=O)Nc2c(CC)cccc2CC)nnc1C(C)Oc1ccc(C(C)C)cc1. The third-order valence-electron chi connectivity index (χ3n) is 5.88. The molecule has 0 aliphatic rings. The van der Waals surface area contributed by atoms with Crippen molar-refractivity contribution in [2.24, 2.45) is 0 Å². The Morgan fingerprint density at radius 2 is 1.74 bits per heavy atom. The van der Waals surface area contributed by atoms with E-state index in [1.807, 2.05) is 29.7 Å². The molecule has 0 bridgehead atoms. The lowest BCUT2D eigenvalue weighted by Gasteiger charge is -2.16. The first-order valence-electron chi connectivity index (χ1n) is 12.2. The predicted octanol–water partition coefficient (Wildman–Crippen LogP) is 6.58. The summed E-state index contributed by atoms with van der Waals surface area (Å²) in [4.78, 5) is 12.8. The highest BCUT2D eigenvalue weighted by Crippen LogP contribution is 2.27. The predicted molar refractivity (Wildman–Crippen MR) is 144 cm³/mol. The van der Waals surface area contributed by atoms with Crippen LogP contribution in [0.5, 0.6) is 5.75 Å². The molecule has 6 nitrogen and oxygen atoms in total. The third kappa shape index (κ3) is 6.75. The summed E-state index contributed by atoms with van der Waals surface area (Å²) >= 11 is 1.36. The van der Waals surface area contributed by atoms with Crippen LogP contribution in [-0.2, 0) is 24.2 Å². The average Bonchev–Trinajstić information content (AvgIpc) is 3.26. The fraction of sp³-hybridized carbons (Fsp3) is 0.393. The molecule has 1 atom stereocenters. The Bertz CT molecular complexity index is 1120. The van der Waals surface area contributed by atoms with E-state index in [1.54, 1.807) is 6.08 Å². The van der Waals surface area contributed by atoms with Gasteiger partial charge in [0.05, 0.1) is 5.75 Å². The number of nitrogens with zero attached hydrogens (tertiary/aromatic N) is 3. The summed E-state index contributed by atoms with van der Waals surface area (Å²) < 4.78 is 8.10. The Kier molecular flexibility index (Phi) is 9.55. The quantitative estimate of drug-likeness (QED) is 0.228. The number of nitrogens with one attached hydrogen (secondary N) is 1. The number of aromatic nitrogens is 3. The molecule has 1 heterocycles. The molecular formula is C28H36N4O2S. The van der Waals surface area contributed by atoms with Gasteiger partial charge in [-0.1, -0.05) is 75.9 Å². The van der Waals surface area contributed by atoms with E-state index < -0.39 is 0 Å². The van der Waals surface area contributed by atoms with Gasteiger partial charge >= 0.3 is 0 Å². The Labute approximate surface area is 213 Å². The smallest absolute Gasteiger partial charge is 0.234 e. The van der Waals surface area contributed by atoms with Crippen molar-refractivity contribution in [1.29, 1.82) is 0 Å². The molecule has 1 unspecified atom stereocenters. The molecule has 0 aliphatic carbocycles. The van der Waals surface area contributed by atoms with Crippen molar-refractivity contribution in [3.8, 4) is 5.75 Å². The van der Waals surface area contributed by atoms with Crippen LogP contribution in [0, 0.1) is 0 Å². The highest BCUT2D eigenvalue weighted by Gasteiger charge is 2.20. The first kappa shape index (κ1) is 26.5. The van der Waals surface area contributed by atoms with Crippen molar-refractivity contribution in [3.05, 3.63) is 77.6 Å². The van der Waals surface area contributed by atoms with E-state index in [-0.39, 0.29) is 17.8 Å². The molecule has 0 saturated carbocycles. The number of hydrogen-bond acceptors (Lipinski definition) is 5. The summed E-state index contributed by atoms with van der Waals surface area (Å²) in [6, 6.07) is 14.3. The zero-order chi connectivity index (χ0) is 25.4. The van der Waals surface area contributed by atoms with E-state index in [0.29, 0.717) is 23.4 Å². The van der Waals surface area contributed by atoms with E-state index in [4.69, 9.17) is 4.74 Å². The van der Waals surface area contributed by atoms with Crippen molar-refractivity contribution < 1.29 is 9.53 Å². The number of thioether (sulfide) groups is 1. The first-order chi connectivity index (χ1) is 16.9. The zero-order valence-electron chi connectivity index (χ0n) is 21.4. The number of carbonyl (C=O) groups is 1. The topological polar surface area (TPSA) is 69.0 Å². The Morgan fingerprint density at radius 3 is 2.31 bits per heavy atom. The van der Waals surface area contributed by atoms with Crippen LogP contribution in [-0.4, -0.2) is 26.4 Å². The molecule has 186 valence electrons. The molecule has 1 N–H and O–H groups in total. The van der Waals surface area contributed by atoms with Crippen LogP contribution in [0.15, 0.2) is 60.3 Å². The number of carbonyl (C=O) groups excluding carboxylic acids is 1. The van der Waals surface area contributed by atoms with E-state index in [2.05, 4.69) is 74.1 Å². The van der Waals surface area contributed by atoms with Gasteiger partial charge < -0.3 is 10.1 Å². The monoisotopic (exact) mass is 492 g/mol. The summed E-state index contributed by atoms with van der Waals surface area (Å²) in [5, 5.41) is 12.5. The van der Waals surface area contributed by atoms with E-state index in [1.165, 1.54) is 17.3 Å². The molecule has 35 heavy (non-hydrogen) atoms. The number of ether oxygens (including phenoxy) is 1. The maximum absolute atomic E-state index is 12.8. The lowest BCUT2D eigenvalue weighted by atomic mass is 10.0. The second-order valence-electron chi connectivity index (χ2n) is 8.72. The minimum absolute atomic E-state index is 0.0603. The minimum atomic E-state index is -0.306. The zero-order valence-corrected chi connectivity index (χ0v) is 22.2. The molecule has 0 aliphatic heterocycles. The van der Waals surface area contributed by atoms with Crippen LogP contribution in [0.2, 0.25) is 0 Å². The van der Waals surface area contributed by atoms with Crippen LogP contribution < -0.4 is 10.1 Å². The Hall–Kier alpha value is -3.06. The van der Waals surface area contributed by atoms with Gasteiger partial charge in [0.1, 0.15) is 5.75 Å². The summed E-state index contributed by atoms with van der Waals surface area (Å²) in [6.45, 7) is 14.9. The number of para-hydroxylation sites is 1. The summed E-state index contributed by atoms with van der Waals surface area (Å²) in [5.41, 5.74) is 4.49. The standard InChI is InChI=1S/C28H36N4O2S/c1-7-17-32-27(20(6)34-24-15-13-23(14-16-24)19(4)5)30-31-28(32)35-18-25(33)29-26-21(8-2)11-10-12-22(26)9-3/h7,10-16,19-20H,1,8-9,17-18H2,2-6H3,(H,29,33). The molecule has 7 heteroatoms. The van der Waals surface area contributed by atoms with Gasteiger partial charge in [-0.25, -0.2) is 0 Å². The second kappa shape index (κ2) is 12.6. The number of hydrogen-bond donors (Lipinski definition) is 1. The number of allylic oxidation sites excluding steroid dienone is 1. The summed E-state index contributed by atoms with van der Waals surface area (Å²) in [7, 11) is 0. The van der Waals surface area contributed by atoms with Gasteiger partial charge in [0, 0.05) is 12.2 Å². The van der Waals surface area contributed by atoms with E-state index >= 15 is 0 Å². The normalized spacial score (nSPS) is 11.9. The van der Waals surface area contributed by atoms with Crippen LogP contribution in [0.1, 0.15) is 69.2 Å². The van der Waals surface area contributed by atoms with Gasteiger partial charge in [-0.15, -0.1) is 16.8 Å². The highest BCUT2D eigenvalue weighted by molar-refractivity contribution is 7.99. The van der Waals surface area contributed by atoms with Gasteiger partial charge in [0.15, 0.2) is 17.1 Å². The fourth-order valence-electron chi connectivity index (χ4n) is 3.91. The van der Waals surface area contributed by atoms with E-state index in [0.717, 1.165) is 35.4 Å². The van der Waals surface area contributed by atoms with Gasteiger partial charge in [0.2, 0.25) is 5.91 Å². The van der Waals surface area contributed by atoms with Crippen LogP contribution in [0.4, 0.5) is 5.69 Å². The Balaban J connectivity index is 1.69. The van der Waals surface area contributed by atoms with E-state index in [9.17, 15) is 4.79 Å². The van der Waals surface area contributed by atoms with Gasteiger partial charge in [-0.2, -0.15) is 0 Å². The number of rotatable bonds is 12. The highest BCUT2D eigenvalue weighted by atomic mass is 32.2. The number of amides is 1. The molecule has 0 radical (unpaired) electrons. The number of aryl methyl sites for hydroxylation is 2. The lowest BCUT2D eigenvalue weighted by molar-refractivity contribution is -0.113. The fourth-order valence-corrected chi connectivity index (χ4v) is 4.66. The molecule has 0 spiro atoms.